The Balaban J connectivity index is 1.51. The fraction of sp³-hybridized carbons (Fsp3) is 0.192. The monoisotopic (exact) mass is 521 g/mol. The predicted molar refractivity (Wildman–Crippen MR) is 135 cm³/mol. The van der Waals surface area contributed by atoms with Gasteiger partial charge in [0, 0.05) is 29.3 Å². The third kappa shape index (κ3) is 4.88. The number of para-hydroxylation sites is 1. The van der Waals surface area contributed by atoms with Crippen LogP contribution in [0, 0.1) is 12.7 Å². The normalized spacial score (nSPS) is 13.3. The smallest absolute Gasteiger partial charge is 0.273 e. The molecule has 2 aromatic carbocycles. The molecule has 1 N–H and O–H groups in total. The van der Waals surface area contributed by atoms with Crippen molar-refractivity contribution < 1.29 is 19.7 Å². The van der Waals surface area contributed by atoms with Gasteiger partial charge in [0.2, 0.25) is 0 Å². The molecule has 3 heterocycles. The van der Waals surface area contributed by atoms with Crippen molar-refractivity contribution in [1.29, 1.82) is 0 Å². The summed E-state index contributed by atoms with van der Waals surface area (Å²) in [5, 5.41) is 7.56. The van der Waals surface area contributed by atoms with Crippen molar-refractivity contribution in [1.82, 2.24) is 30.0 Å². The first-order valence-corrected chi connectivity index (χ1v) is 11.6. The van der Waals surface area contributed by atoms with Gasteiger partial charge in [-0.15, -0.1) is 0 Å². The van der Waals surface area contributed by atoms with E-state index in [0.717, 1.165) is 41.4 Å². The number of nitrogens with one attached hydrogen (secondary N) is 1. The summed E-state index contributed by atoms with van der Waals surface area (Å²) in [6, 6.07) is 7.94. The minimum absolute atomic E-state index is 0.0142. The van der Waals surface area contributed by atoms with Gasteiger partial charge in [0.05, 0.1) is 12.4 Å². The molecule has 0 spiro atoms. The van der Waals surface area contributed by atoms with Gasteiger partial charge in [-0.2, -0.15) is 5.10 Å². The molecule has 0 aliphatic rings. The molecule has 0 bridgehead atoms. The van der Waals surface area contributed by atoms with Crippen LogP contribution in [-0.4, -0.2) is 30.6 Å². The van der Waals surface area contributed by atoms with Gasteiger partial charge in [0.1, 0.15) is 36.3 Å². The van der Waals surface area contributed by atoms with Crippen LogP contribution < -0.4 is 10.1 Å². The minimum atomic E-state index is -1.77. The summed E-state index contributed by atoms with van der Waals surface area (Å²) in [7, 11) is 1.81. The molecule has 188 valence electrons. The Labute approximate surface area is 217 Å². The van der Waals surface area contributed by atoms with Gasteiger partial charge >= 0.3 is 0 Å². The molecule has 37 heavy (non-hydrogen) atoms. The zero-order chi connectivity index (χ0) is 27.0. The molecule has 5 rings (SSSR count). The zero-order valence-corrected chi connectivity index (χ0v) is 20.9. The Kier molecular flexibility index (Phi) is 6.23. The molecule has 9 nitrogen and oxygen atoms in total. The summed E-state index contributed by atoms with van der Waals surface area (Å²) in [4.78, 5) is 25.4. The summed E-state index contributed by atoms with van der Waals surface area (Å²) in [5.41, 5.74) is 2.64. The van der Waals surface area contributed by atoms with Gasteiger partial charge in [-0.05, 0) is 43.7 Å². The molecule has 0 radical (unpaired) electrons. The van der Waals surface area contributed by atoms with Gasteiger partial charge in [-0.25, -0.2) is 24.0 Å². The number of carbonyl (C=O) groups excluding carboxylic acids is 1. The molecular weight excluding hydrogens is 499 g/mol. The van der Waals surface area contributed by atoms with Gasteiger partial charge < -0.3 is 14.5 Å². The lowest BCUT2D eigenvalue weighted by atomic mass is 10.0. The molecule has 0 aliphatic carbocycles. The molecule has 3 aromatic heterocycles. The minimum Gasteiger partial charge on any atom is -0.487 e. The molecule has 11 heteroatoms. The second kappa shape index (κ2) is 9.98. The van der Waals surface area contributed by atoms with Crippen molar-refractivity contribution in [2.24, 2.45) is 7.05 Å². The van der Waals surface area contributed by atoms with Crippen molar-refractivity contribution in [3.63, 3.8) is 0 Å². The van der Waals surface area contributed by atoms with E-state index in [1.165, 1.54) is 13.3 Å². The van der Waals surface area contributed by atoms with Crippen LogP contribution in [0.3, 0.4) is 0 Å². The quantitative estimate of drug-likeness (QED) is 0.314. The van der Waals surface area contributed by atoms with E-state index >= 15 is 0 Å². The number of amides is 1. The summed E-state index contributed by atoms with van der Waals surface area (Å²) in [6.07, 6.45) is 3.73. The Morgan fingerprint density at radius 2 is 2.16 bits per heavy atom. The van der Waals surface area contributed by atoms with E-state index in [2.05, 4.69) is 25.4 Å². The highest BCUT2D eigenvalue weighted by molar-refractivity contribution is 6.31. The first kappa shape index (κ1) is 23.1. The van der Waals surface area contributed by atoms with E-state index in [4.69, 9.17) is 22.1 Å². The lowest BCUT2D eigenvalue weighted by Gasteiger charge is -2.20. The fourth-order valence-corrected chi connectivity index (χ4v) is 4.31. The highest BCUT2D eigenvalue weighted by atomic mass is 35.5. The first-order valence-electron chi connectivity index (χ1n) is 11.7. The zero-order valence-electron chi connectivity index (χ0n) is 21.1. The molecule has 0 aliphatic heterocycles. The second-order valence-electron chi connectivity index (χ2n) is 8.33. The van der Waals surface area contributed by atoms with E-state index in [9.17, 15) is 9.18 Å². The van der Waals surface area contributed by atoms with E-state index in [-0.39, 0.29) is 22.9 Å². The molecule has 0 saturated carbocycles. The fourth-order valence-electron chi connectivity index (χ4n) is 4.05. The summed E-state index contributed by atoms with van der Waals surface area (Å²) < 4.78 is 35.9. The van der Waals surface area contributed by atoms with Gasteiger partial charge in [0.15, 0.2) is 17.9 Å². The Morgan fingerprint density at radius 3 is 2.89 bits per heavy atom. The van der Waals surface area contributed by atoms with Gasteiger partial charge in [-0.3, -0.25) is 4.79 Å². The molecule has 0 unspecified atom stereocenters. The molecule has 1 atom stereocenters. The van der Waals surface area contributed by atoms with Crippen molar-refractivity contribution in [2.45, 2.75) is 26.5 Å². The first-order chi connectivity index (χ1) is 18.1. The Hall–Kier alpha value is -4.31. The lowest BCUT2D eigenvalue weighted by Crippen LogP contribution is -2.28. The Bertz CT molecular complexity index is 1650. The number of pyridine rings is 1. The van der Waals surface area contributed by atoms with Crippen LogP contribution in [0.1, 0.15) is 41.6 Å². The molecule has 0 fully saturated rings. The number of fused-ring (bicyclic) bond motifs is 1. The summed E-state index contributed by atoms with van der Waals surface area (Å²) >= 11 is 6.42. The number of carbonyl (C=O) groups is 1. The standard InChI is InChI=1S/C26H22ClFN6O3/c1-14-7-19(25-29-12-31-34(25)3)17-5-4-6-23(24(17)32-14)37-10-20-18(8-16(28)9-21(20)27)15(2)33-26(35)22-11-36-13-30-22/h4-9,11-13,15H,10H2,1-3H3,(H,33,35)/t15-/m0/s1/i15D. The number of rotatable bonds is 7. The third-order valence-electron chi connectivity index (χ3n) is 5.79. The highest BCUT2D eigenvalue weighted by Gasteiger charge is 2.21. The lowest BCUT2D eigenvalue weighted by molar-refractivity contribution is 0.0934. The van der Waals surface area contributed by atoms with E-state index in [1.807, 2.05) is 32.2 Å². The number of hydrogen-bond donors (Lipinski definition) is 1. The van der Waals surface area contributed by atoms with Crippen LogP contribution in [-0.2, 0) is 13.7 Å². The van der Waals surface area contributed by atoms with E-state index in [0.29, 0.717) is 22.7 Å². The van der Waals surface area contributed by atoms with Crippen LogP contribution >= 0.6 is 11.6 Å². The Morgan fingerprint density at radius 1 is 1.32 bits per heavy atom. The maximum atomic E-state index is 14.4. The van der Waals surface area contributed by atoms with E-state index in [1.54, 1.807) is 10.7 Å². The topological polar surface area (TPSA) is 108 Å². The number of ether oxygens (including phenoxy) is 1. The molecule has 1 amide bonds. The third-order valence-corrected chi connectivity index (χ3v) is 6.12. The van der Waals surface area contributed by atoms with Gasteiger partial charge in [0.25, 0.3) is 5.91 Å². The van der Waals surface area contributed by atoms with Crippen LogP contribution in [0.4, 0.5) is 4.39 Å². The summed E-state index contributed by atoms with van der Waals surface area (Å²) in [5.74, 6) is -0.180. The number of aromatic nitrogens is 5. The molecule has 0 saturated heterocycles. The largest absolute Gasteiger partial charge is 0.487 e. The molecule has 5 aromatic rings. The average molecular weight is 522 g/mol. The predicted octanol–water partition coefficient (Wildman–Crippen LogP) is 5.19. The number of oxazole rings is 1. The number of aryl methyl sites for hydroxylation is 2. The van der Waals surface area contributed by atoms with Crippen molar-refractivity contribution in [3.8, 4) is 17.1 Å². The number of hydrogen-bond acceptors (Lipinski definition) is 7. The number of benzene rings is 2. The van der Waals surface area contributed by atoms with Crippen LogP contribution in [0.15, 0.2) is 59.8 Å². The van der Waals surface area contributed by atoms with Crippen LogP contribution in [0.2, 0.25) is 5.02 Å². The van der Waals surface area contributed by atoms with Crippen molar-refractivity contribution in [2.75, 3.05) is 0 Å². The van der Waals surface area contributed by atoms with E-state index < -0.39 is 17.7 Å². The maximum Gasteiger partial charge on any atom is 0.273 e. The SMILES string of the molecule is [2H][C@@](C)(NC(=O)c1cocn1)c1cc(F)cc(Cl)c1COc1cccc2c(-c3ncnn3C)cc(C)nc12. The number of halogens is 2. The average Bonchev–Trinajstić information content (AvgIpc) is 3.54. The number of nitrogens with zero attached hydrogens (tertiary/aromatic N) is 5. The second-order valence-corrected chi connectivity index (χ2v) is 8.73. The molecular formula is C26H22ClFN6O3. The van der Waals surface area contributed by atoms with Crippen LogP contribution in [0.25, 0.3) is 22.3 Å². The van der Waals surface area contributed by atoms with Crippen molar-refractivity contribution in [3.05, 3.63) is 88.7 Å². The van der Waals surface area contributed by atoms with Gasteiger partial charge in [-0.1, -0.05) is 23.7 Å². The van der Waals surface area contributed by atoms with Crippen LogP contribution in [0.5, 0.6) is 5.75 Å². The summed E-state index contributed by atoms with van der Waals surface area (Å²) in [6.45, 7) is 3.17. The maximum absolute atomic E-state index is 14.4. The highest BCUT2D eigenvalue weighted by Crippen LogP contribution is 2.34. The van der Waals surface area contributed by atoms with Crippen molar-refractivity contribution >= 4 is 28.4 Å².